The third-order valence-electron chi connectivity index (χ3n) is 3.30. The molecule has 1 aliphatic carbocycles. The van der Waals surface area contributed by atoms with E-state index in [-0.39, 0.29) is 5.91 Å². The van der Waals surface area contributed by atoms with Gasteiger partial charge in [0.1, 0.15) is 17.6 Å². The lowest BCUT2D eigenvalue weighted by Crippen LogP contribution is -2.45. The molecule has 6 nitrogen and oxygen atoms in total. The Balaban J connectivity index is 1.81. The third-order valence-corrected chi connectivity index (χ3v) is 3.30. The molecule has 0 saturated heterocycles. The van der Waals surface area contributed by atoms with Crippen LogP contribution in [0.2, 0.25) is 0 Å². The Kier molecular flexibility index (Phi) is 3.09. The van der Waals surface area contributed by atoms with Crippen LogP contribution in [0.5, 0.6) is 0 Å². The largest absolute Gasteiger partial charge is 0.354 e. The van der Waals surface area contributed by atoms with Crippen LogP contribution in [0.15, 0.2) is 6.33 Å². The maximum absolute atomic E-state index is 11.8. The molecule has 0 aliphatic heterocycles. The molecule has 1 aromatic heterocycles. The van der Waals surface area contributed by atoms with E-state index in [0.29, 0.717) is 25.8 Å². The monoisotopic (exact) mass is 233 g/mol. The summed E-state index contributed by atoms with van der Waals surface area (Å²) in [6.07, 6.45) is 4.58. The minimum Gasteiger partial charge on any atom is -0.354 e. The van der Waals surface area contributed by atoms with Crippen LogP contribution in [0.4, 0.5) is 0 Å². The van der Waals surface area contributed by atoms with Gasteiger partial charge in [-0.3, -0.25) is 4.79 Å². The predicted molar refractivity (Wildman–Crippen MR) is 59.6 cm³/mol. The van der Waals surface area contributed by atoms with Gasteiger partial charge in [-0.25, -0.2) is 0 Å². The van der Waals surface area contributed by atoms with Crippen molar-refractivity contribution in [2.45, 2.75) is 25.7 Å². The second-order valence-electron chi connectivity index (χ2n) is 4.41. The van der Waals surface area contributed by atoms with Crippen LogP contribution in [0.1, 0.15) is 25.1 Å². The van der Waals surface area contributed by atoms with Crippen molar-refractivity contribution in [1.29, 1.82) is 5.26 Å². The number of aromatic nitrogens is 3. The Labute approximate surface area is 99.6 Å². The second kappa shape index (κ2) is 4.53. The molecular weight excluding hydrogens is 218 g/mol. The highest BCUT2D eigenvalue weighted by molar-refractivity contribution is 5.86. The Hall–Kier alpha value is -1.90. The van der Waals surface area contributed by atoms with Crippen LogP contribution in [-0.2, 0) is 18.3 Å². The van der Waals surface area contributed by atoms with Gasteiger partial charge in [0.15, 0.2) is 0 Å². The first-order chi connectivity index (χ1) is 8.18. The van der Waals surface area contributed by atoms with Crippen molar-refractivity contribution in [3.8, 4) is 6.07 Å². The zero-order valence-electron chi connectivity index (χ0n) is 9.81. The Bertz CT molecular complexity index is 455. The first-order valence-corrected chi connectivity index (χ1v) is 5.70. The Morgan fingerprint density at radius 1 is 1.71 bits per heavy atom. The number of carbonyl (C=O) groups excluding carboxylic acids is 1. The van der Waals surface area contributed by atoms with E-state index in [4.69, 9.17) is 5.26 Å². The Morgan fingerprint density at radius 2 is 2.47 bits per heavy atom. The molecule has 1 amide bonds. The summed E-state index contributed by atoms with van der Waals surface area (Å²) in [5, 5.41) is 19.5. The molecule has 1 aliphatic rings. The van der Waals surface area contributed by atoms with Crippen LogP contribution in [0.3, 0.4) is 0 Å². The van der Waals surface area contributed by atoms with Gasteiger partial charge in [0, 0.05) is 20.0 Å². The molecule has 17 heavy (non-hydrogen) atoms. The summed E-state index contributed by atoms with van der Waals surface area (Å²) in [7, 11) is 1.86. The van der Waals surface area contributed by atoms with E-state index in [9.17, 15) is 4.79 Å². The summed E-state index contributed by atoms with van der Waals surface area (Å²) < 4.78 is 1.82. The summed E-state index contributed by atoms with van der Waals surface area (Å²) in [5.74, 6) is 0.679. The molecular formula is C11H15N5O. The average Bonchev–Trinajstić information content (AvgIpc) is 2.64. The van der Waals surface area contributed by atoms with Gasteiger partial charge in [-0.2, -0.15) is 5.26 Å². The van der Waals surface area contributed by atoms with Crippen LogP contribution >= 0.6 is 0 Å². The van der Waals surface area contributed by atoms with E-state index in [2.05, 4.69) is 21.6 Å². The maximum atomic E-state index is 11.8. The first kappa shape index (κ1) is 11.6. The third kappa shape index (κ3) is 2.13. The van der Waals surface area contributed by atoms with Crippen LogP contribution < -0.4 is 5.32 Å². The highest BCUT2D eigenvalue weighted by Gasteiger charge is 2.44. The average molecular weight is 233 g/mol. The lowest BCUT2D eigenvalue weighted by Gasteiger charge is -2.33. The number of hydrogen-bond donors (Lipinski definition) is 1. The van der Waals surface area contributed by atoms with Gasteiger partial charge in [-0.15, -0.1) is 10.2 Å². The van der Waals surface area contributed by atoms with Crippen molar-refractivity contribution < 1.29 is 4.79 Å². The van der Waals surface area contributed by atoms with Gasteiger partial charge in [-0.1, -0.05) is 0 Å². The molecule has 1 saturated carbocycles. The Morgan fingerprint density at radius 3 is 2.94 bits per heavy atom. The molecule has 1 aromatic rings. The van der Waals surface area contributed by atoms with Gasteiger partial charge in [0.25, 0.3) is 0 Å². The van der Waals surface area contributed by atoms with Gasteiger partial charge in [0.2, 0.25) is 5.91 Å². The lowest BCUT2D eigenvalue weighted by atomic mass is 9.69. The summed E-state index contributed by atoms with van der Waals surface area (Å²) in [4.78, 5) is 11.8. The smallest absolute Gasteiger partial charge is 0.240 e. The topological polar surface area (TPSA) is 83.6 Å². The van der Waals surface area contributed by atoms with Crippen molar-refractivity contribution in [2.24, 2.45) is 12.5 Å². The summed E-state index contributed by atoms with van der Waals surface area (Å²) in [5.41, 5.74) is -0.764. The van der Waals surface area contributed by atoms with E-state index in [1.165, 1.54) is 0 Å². The van der Waals surface area contributed by atoms with Crippen molar-refractivity contribution in [1.82, 2.24) is 20.1 Å². The van der Waals surface area contributed by atoms with E-state index in [1.807, 2.05) is 11.6 Å². The highest BCUT2D eigenvalue weighted by Crippen LogP contribution is 2.40. The molecule has 1 heterocycles. The first-order valence-electron chi connectivity index (χ1n) is 5.70. The lowest BCUT2D eigenvalue weighted by molar-refractivity contribution is -0.131. The minimum atomic E-state index is -0.764. The standard InChI is InChI=1S/C11H15N5O/c1-16-8-14-15-9(16)3-6-13-10(17)11(7-12)4-2-5-11/h8H,2-6H2,1H3,(H,13,17). The fraction of sp³-hybridized carbons (Fsp3) is 0.636. The number of amides is 1. The highest BCUT2D eigenvalue weighted by atomic mass is 16.2. The SMILES string of the molecule is Cn1cnnc1CCNC(=O)C1(C#N)CCC1. The fourth-order valence-corrected chi connectivity index (χ4v) is 1.91. The van der Waals surface area contributed by atoms with Crippen molar-refractivity contribution in [2.75, 3.05) is 6.54 Å². The van der Waals surface area contributed by atoms with E-state index < -0.39 is 5.41 Å². The van der Waals surface area contributed by atoms with Crippen LogP contribution in [-0.4, -0.2) is 27.2 Å². The quantitative estimate of drug-likeness (QED) is 0.803. The minimum absolute atomic E-state index is 0.145. The molecule has 6 heteroatoms. The molecule has 0 atom stereocenters. The number of nitrogens with zero attached hydrogens (tertiary/aromatic N) is 4. The predicted octanol–water partition coefficient (Wildman–Crippen LogP) is 0.168. The van der Waals surface area contributed by atoms with Gasteiger partial charge < -0.3 is 9.88 Å². The van der Waals surface area contributed by atoms with Crippen molar-refractivity contribution >= 4 is 5.91 Å². The second-order valence-corrected chi connectivity index (χ2v) is 4.41. The number of carbonyl (C=O) groups is 1. The fourth-order valence-electron chi connectivity index (χ4n) is 1.91. The van der Waals surface area contributed by atoms with Gasteiger partial charge in [-0.05, 0) is 19.3 Å². The number of nitriles is 1. The van der Waals surface area contributed by atoms with Crippen LogP contribution in [0.25, 0.3) is 0 Å². The molecule has 0 radical (unpaired) electrons. The number of aryl methyl sites for hydroxylation is 1. The number of hydrogen-bond acceptors (Lipinski definition) is 4. The molecule has 0 unspecified atom stereocenters. The molecule has 2 rings (SSSR count). The number of rotatable bonds is 4. The zero-order valence-corrected chi connectivity index (χ0v) is 9.81. The van der Waals surface area contributed by atoms with Gasteiger partial charge >= 0.3 is 0 Å². The molecule has 90 valence electrons. The van der Waals surface area contributed by atoms with Crippen molar-refractivity contribution in [3.63, 3.8) is 0 Å². The molecule has 0 bridgehead atoms. The maximum Gasteiger partial charge on any atom is 0.240 e. The van der Waals surface area contributed by atoms with E-state index in [1.54, 1.807) is 6.33 Å². The molecule has 0 aromatic carbocycles. The molecule has 1 fully saturated rings. The summed E-state index contributed by atoms with van der Waals surface area (Å²) in [6, 6.07) is 2.12. The van der Waals surface area contributed by atoms with Crippen molar-refractivity contribution in [3.05, 3.63) is 12.2 Å². The van der Waals surface area contributed by atoms with Gasteiger partial charge in [0.05, 0.1) is 6.07 Å². The summed E-state index contributed by atoms with van der Waals surface area (Å²) >= 11 is 0. The molecule has 0 spiro atoms. The zero-order chi connectivity index (χ0) is 12.3. The van der Waals surface area contributed by atoms with E-state index >= 15 is 0 Å². The molecule has 1 N–H and O–H groups in total. The summed E-state index contributed by atoms with van der Waals surface area (Å²) in [6.45, 7) is 0.495. The van der Waals surface area contributed by atoms with E-state index in [0.717, 1.165) is 12.2 Å². The number of nitrogens with one attached hydrogen (secondary N) is 1. The van der Waals surface area contributed by atoms with Crippen LogP contribution in [0, 0.1) is 16.7 Å². The normalized spacial score (nSPS) is 16.9.